The number of rotatable bonds is 13. The lowest BCUT2D eigenvalue weighted by atomic mass is 10.1. The van der Waals surface area contributed by atoms with Crippen LogP contribution in [0.15, 0.2) is 85.1 Å². The highest BCUT2D eigenvalue weighted by Crippen LogP contribution is 2.23. The second kappa shape index (κ2) is 17.1. The summed E-state index contributed by atoms with van der Waals surface area (Å²) >= 11 is 0. The average Bonchev–Trinajstić information content (AvgIpc) is 3.35. The minimum absolute atomic E-state index is 0.861. The summed E-state index contributed by atoms with van der Waals surface area (Å²) in [6, 6.07) is 28.2. The van der Waals surface area contributed by atoms with Gasteiger partial charge in [-0.1, -0.05) is 131 Å². The zero-order chi connectivity index (χ0) is 27.9. The van der Waals surface area contributed by atoms with Crippen molar-refractivity contribution in [1.29, 1.82) is 0 Å². The standard InChI is InChI=1S/C29H34N3P.C6H14/c1-3-4-17-32-27(19-30-29(32)26-11-8-12-28(33)18-26)22-31(20-24-9-6-5-7-10-24)21-25-15-13-23(2)14-16-25;1-3-5-6-4-2/h5-16,18-19H,3-4,17,20-22,33H2,1-2H3;3-6H2,1-2H3. The highest BCUT2D eigenvalue weighted by molar-refractivity contribution is 7.27. The number of hydrogen-bond donors (Lipinski definition) is 0. The second-order valence-corrected chi connectivity index (χ2v) is 11.2. The van der Waals surface area contributed by atoms with Crippen LogP contribution in [0.5, 0.6) is 0 Å². The van der Waals surface area contributed by atoms with E-state index in [0.717, 1.165) is 44.8 Å². The Balaban J connectivity index is 0.000000631. The normalized spacial score (nSPS) is 10.9. The molecule has 208 valence electrons. The predicted molar refractivity (Wildman–Crippen MR) is 172 cm³/mol. The lowest BCUT2D eigenvalue weighted by Gasteiger charge is -2.24. The van der Waals surface area contributed by atoms with Crippen LogP contribution >= 0.6 is 9.24 Å². The largest absolute Gasteiger partial charge is 0.327 e. The summed E-state index contributed by atoms with van der Waals surface area (Å²) < 4.78 is 2.43. The molecular weight excluding hydrogens is 493 g/mol. The Morgan fingerprint density at radius 1 is 0.718 bits per heavy atom. The van der Waals surface area contributed by atoms with Crippen LogP contribution in [0.4, 0.5) is 0 Å². The van der Waals surface area contributed by atoms with Crippen molar-refractivity contribution in [3.05, 3.63) is 107 Å². The Kier molecular flexibility index (Phi) is 13.5. The van der Waals surface area contributed by atoms with Crippen molar-refractivity contribution in [2.45, 2.75) is 92.4 Å². The number of aromatic nitrogens is 2. The lowest BCUT2D eigenvalue weighted by Crippen LogP contribution is -2.24. The molecule has 39 heavy (non-hydrogen) atoms. The monoisotopic (exact) mass is 541 g/mol. The molecule has 0 bridgehead atoms. The van der Waals surface area contributed by atoms with Crippen LogP contribution in [0, 0.1) is 6.92 Å². The summed E-state index contributed by atoms with van der Waals surface area (Å²) in [5.74, 6) is 1.07. The summed E-state index contributed by atoms with van der Waals surface area (Å²) in [5, 5.41) is 1.18. The van der Waals surface area contributed by atoms with E-state index in [1.807, 2.05) is 0 Å². The molecule has 0 aliphatic heterocycles. The van der Waals surface area contributed by atoms with E-state index in [-0.39, 0.29) is 0 Å². The summed E-state index contributed by atoms with van der Waals surface area (Å²) in [4.78, 5) is 7.41. The number of benzene rings is 3. The van der Waals surface area contributed by atoms with Crippen molar-refractivity contribution in [3.8, 4) is 11.4 Å². The maximum absolute atomic E-state index is 4.89. The fraction of sp³-hybridized carbons (Fsp3) is 0.400. The van der Waals surface area contributed by atoms with Crippen molar-refractivity contribution in [2.75, 3.05) is 0 Å². The van der Waals surface area contributed by atoms with E-state index in [1.54, 1.807) is 0 Å². The molecule has 4 heteroatoms. The Hall–Kier alpha value is -2.74. The van der Waals surface area contributed by atoms with Crippen LogP contribution in [-0.4, -0.2) is 14.5 Å². The number of aryl methyl sites for hydroxylation is 1. The van der Waals surface area contributed by atoms with E-state index in [1.165, 1.54) is 58.9 Å². The second-order valence-electron chi connectivity index (χ2n) is 10.5. The van der Waals surface area contributed by atoms with E-state index in [9.17, 15) is 0 Å². The van der Waals surface area contributed by atoms with Crippen molar-refractivity contribution in [1.82, 2.24) is 14.5 Å². The topological polar surface area (TPSA) is 21.1 Å². The third kappa shape index (κ3) is 10.4. The molecule has 1 atom stereocenters. The fourth-order valence-electron chi connectivity index (χ4n) is 4.70. The molecular formula is C35H48N3P. The highest BCUT2D eigenvalue weighted by atomic mass is 31.0. The third-order valence-corrected chi connectivity index (χ3v) is 7.30. The van der Waals surface area contributed by atoms with Crippen LogP contribution in [0.3, 0.4) is 0 Å². The minimum Gasteiger partial charge on any atom is -0.327 e. The molecule has 0 aliphatic rings. The van der Waals surface area contributed by atoms with Crippen LogP contribution in [-0.2, 0) is 26.2 Å². The van der Waals surface area contributed by atoms with Gasteiger partial charge in [-0.2, -0.15) is 0 Å². The number of unbranched alkanes of at least 4 members (excludes halogenated alkanes) is 4. The van der Waals surface area contributed by atoms with Gasteiger partial charge in [0.25, 0.3) is 0 Å². The first-order valence-corrected chi connectivity index (χ1v) is 15.3. The quantitative estimate of drug-likeness (QED) is 0.124. The Labute approximate surface area is 239 Å². The summed E-state index contributed by atoms with van der Waals surface area (Å²) in [5.41, 5.74) is 6.42. The van der Waals surface area contributed by atoms with Gasteiger partial charge in [-0.3, -0.25) is 4.90 Å². The van der Waals surface area contributed by atoms with Crippen molar-refractivity contribution >= 4 is 14.5 Å². The number of imidazole rings is 1. The molecule has 1 aromatic heterocycles. The SMILES string of the molecule is CCCCCC.CCCCn1c(CN(Cc2ccccc2)Cc2ccc(C)cc2)cnc1-c1cccc(P)c1. The molecule has 3 aromatic carbocycles. The van der Waals surface area contributed by atoms with Gasteiger partial charge in [0.1, 0.15) is 5.82 Å². The van der Waals surface area contributed by atoms with E-state index in [2.05, 4.69) is 131 Å². The van der Waals surface area contributed by atoms with Crippen LogP contribution in [0.25, 0.3) is 11.4 Å². The van der Waals surface area contributed by atoms with Crippen molar-refractivity contribution in [3.63, 3.8) is 0 Å². The van der Waals surface area contributed by atoms with Crippen molar-refractivity contribution in [2.24, 2.45) is 0 Å². The zero-order valence-electron chi connectivity index (χ0n) is 24.6. The maximum atomic E-state index is 4.89. The molecule has 0 saturated carbocycles. The van der Waals surface area contributed by atoms with Gasteiger partial charge < -0.3 is 4.57 Å². The smallest absolute Gasteiger partial charge is 0.140 e. The van der Waals surface area contributed by atoms with Gasteiger partial charge >= 0.3 is 0 Å². The van der Waals surface area contributed by atoms with Gasteiger partial charge in [-0.25, -0.2) is 4.98 Å². The number of hydrogen-bond acceptors (Lipinski definition) is 2. The first-order valence-electron chi connectivity index (χ1n) is 14.8. The molecule has 4 aromatic rings. The van der Waals surface area contributed by atoms with Gasteiger partial charge in [0.2, 0.25) is 0 Å². The molecule has 1 heterocycles. The molecule has 4 rings (SSSR count). The Bertz CT molecular complexity index is 1210. The maximum Gasteiger partial charge on any atom is 0.140 e. The molecule has 3 nitrogen and oxygen atoms in total. The van der Waals surface area contributed by atoms with Gasteiger partial charge in [0, 0.05) is 31.7 Å². The van der Waals surface area contributed by atoms with E-state index < -0.39 is 0 Å². The molecule has 0 spiro atoms. The Morgan fingerprint density at radius 3 is 1.97 bits per heavy atom. The zero-order valence-corrected chi connectivity index (χ0v) is 25.7. The molecule has 0 radical (unpaired) electrons. The van der Waals surface area contributed by atoms with Crippen LogP contribution in [0.2, 0.25) is 0 Å². The van der Waals surface area contributed by atoms with E-state index in [4.69, 9.17) is 4.98 Å². The molecule has 0 N–H and O–H groups in total. The summed E-state index contributed by atoms with van der Waals surface area (Å²) in [6.07, 6.45) is 9.92. The molecule has 0 fully saturated rings. The molecule has 0 amide bonds. The molecule has 0 saturated heterocycles. The van der Waals surface area contributed by atoms with E-state index in [0.29, 0.717) is 0 Å². The average molecular weight is 542 g/mol. The molecule has 1 unspecified atom stereocenters. The van der Waals surface area contributed by atoms with Crippen LogP contribution < -0.4 is 5.30 Å². The summed E-state index contributed by atoms with van der Waals surface area (Å²) in [7, 11) is 2.80. The highest BCUT2D eigenvalue weighted by Gasteiger charge is 2.16. The van der Waals surface area contributed by atoms with Gasteiger partial charge in [-0.15, -0.1) is 9.24 Å². The summed E-state index contributed by atoms with van der Waals surface area (Å²) in [6.45, 7) is 12.5. The third-order valence-electron chi connectivity index (χ3n) is 6.94. The first-order chi connectivity index (χ1) is 19.0. The fourth-order valence-corrected chi connectivity index (χ4v) is 4.99. The lowest BCUT2D eigenvalue weighted by molar-refractivity contribution is 0.241. The van der Waals surface area contributed by atoms with Gasteiger partial charge in [0.05, 0.1) is 11.9 Å². The predicted octanol–water partition coefficient (Wildman–Crippen LogP) is 8.95. The first kappa shape index (κ1) is 30.8. The van der Waals surface area contributed by atoms with Gasteiger partial charge in [0.15, 0.2) is 0 Å². The van der Waals surface area contributed by atoms with E-state index >= 15 is 0 Å². The van der Waals surface area contributed by atoms with Gasteiger partial charge in [-0.05, 0) is 35.8 Å². The number of nitrogens with zero attached hydrogens (tertiary/aromatic N) is 3. The molecule has 0 aliphatic carbocycles. The minimum atomic E-state index is 0.861. The Morgan fingerprint density at radius 2 is 1.36 bits per heavy atom. The van der Waals surface area contributed by atoms with Crippen LogP contribution in [0.1, 0.15) is 81.7 Å². The van der Waals surface area contributed by atoms with Crippen molar-refractivity contribution < 1.29 is 0 Å².